The second kappa shape index (κ2) is 9.06. The molecule has 37 heavy (non-hydrogen) atoms. The summed E-state index contributed by atoms with van der Waals surface area (Å²) in [6, 6.07) is 1.37. The maximum absolute atomic E-state index is 13.7. The molecule has 2 N–H and O–H groups in total. The number of aromatic nitrogens is 3. The third-order valence-electron chi connectivity index (χ3n) is 6.21. The van der Waals surface area contributed by atoms with Gasteiger partial charge in [0.05, 0.1) is 35.7 Å². The van der Waals surface area contributed by atoms with Gasteiger partial charge in [0.15, 0.2) is 11.5 Å². The molecule has 0 aromatic carbocycles. The minimum atomic E-state index is -4.71. The van der Waals surface area contributed by atoms with Crippen molar-refractivity contribution in [3.63, 3.8) is 0 Å². The van der Waals surface area contributed by atoms with E-state index in [0.717, 1.165) is 23.0 Å². The summed E-state index contributed by atoms with van der Waals surface area (Å²) in [7, 11) is 0. The van der Waals surface area contributed by atoms with Crippen LogP contribution in [-0.2, 0) is 4.79 Å². The fourth-order valence-electron chi connectivity index (χ4n) is 4.28. The Bertz CT molecular complexity index is 1490. The molecule has 0 spiro atoms. The molecule has 9 nitrogen and oxygen atoms in total. The van der Waals surface area contributed by atoms with Gasteiger partial charge in [-0.25, -0.2) is 14.4 Å². The van der Waals surface area contributed by atoms with Gasteiger partial charge in [-0.3, -0.25) is 23.9 Å². The zero-order chi connectivity index (χ0) is 26.6. The van der Waals surface area contributed by atoms with E-state index in [0.29, 0.717) is 0 Å². The number of halogens is 5. The highest BCUT2D eigenvalue weighted by Gasteiger charge is 2.50. The molecular formula is C23H18ClF4N5O4. The Balaban J connectivity index is 1.67. The lowest BCUT2D eigenvalue weighted by molar-refractivity contribution is -0.158. The van der Waals surface area contributed by atoms with Gasteiger partial charge < -0.3 is 10.4 Å². The highest BCUT2D eigenvalue weighted by Crippen LogP contribution is 2.40. The minimum Gasteiger partial charge on any atom is -0.391 e. The van der Waals surface area contributed by atoms with Gasteiger partial charge in [0.2, 0.25) is 11.3 Å². The number of β-amino-alcohol motifs (C(OH)–C–C–N with tert-alkyl or cyclic N) is 1. The first-order valence-electron chi connectivity index (χ1n) is 11.2. The molecule has 3 aromatic rings. The number of aliphatic hydroxyl groups excluding tert-OH is 1. The number of anilines is 1. The van der Waals surface area contributed by atoms with Gasteiger partial charge >= 0.3 is 6.18 Å². The van der Waals surface area contributed by atoms with Gasteiger partial charge in [0, 0.05) is 6.20 Å². The highest BCUT2D eigenvalue weighted by atomic mass is 35.5. The molecule has 1 saturated heterocycles. The number of rotatable bonds is 5. The van der Waals surface area contributed by atoms with Gasteiger partial charge in [0.25, 0.3) is 5.91 Å². The summed E-state index contributed by atoms with van der Waals surface area (Å²) in [6.45, 7) is -0.0440. The number of pyridine rings is 3. The van der Waals surface area contributed by atoms with Crippen LogP contribution in [0.25, 0.3) is 16.9 Å². The van der Waals surface area contributed by atoms with Crippen molar-refractivity contribution in [3.8, 4) is 5.82 Å². The van der Waals surface area contributed by atoms with Gasteiger partial charge in [-0.05, 0) is 37.0 Å². The Hall–Kier alpha value is -3.58. The first-order valence-corrected chi connectivity index (χ1v) is 11.6. The smallest absolute Gasteiger partial charge is 0.391 e. The van der Waals surface area contributed by atoms with E-state index in [1.54, 1.807) is 0 Å². The van der Waals surface area contributed by atoms with Gasteiger partial charge in [-0.2, -0.15) is 13.2 Å². The van der Waals surface area contributed by atoms with E-state index in [2.05, 4.69) is 9.97 Å². The van der Waals surface area contributed by atoms with E-state index in [-0.39, 0.29) is 53.5 Å². The Morgan fingerprint density at radius 3 is 2.57 bits per heavy atom. The molecule has 3 aromatic heterocycles. The van der Waals surface area contributed by atoms with Crippen LogP contribution in [0.15, 0.2) is 35.4 Å². The third kappa shape index (κ3) is 4.76. The minimum absolute atomic E-state index is 0.0440. The van der Waals surface area contributed by atoms with Gasteiger partial charge in [-0.15, -0.1) is 0 Å². The molecule has 1 saturated carbocycles. The topological polar surface area (TPSA) is 117 Å². The van der Waals surface area contributed by atoms with Crippen molar-refractivity contribution in [3.05, 3.63) is 57.2 Å². The molecule has 1 aliphatic carbocycles. The van der Waals surface area contributed by atoms with Crippen LogP contribution in [0.3, 0.4) is 0 Å². The average molecular weight is 540 g/mol. The molecular weight excluding hydrogens is 522 g/mol. The summed E-state index contributed by atoms with van der Waals surface area (Å²) in [6.07, 6.45) is -3.42. The lowest BCUT2D eigenvalue weighted by atomic mass is 10.1. The van der Waals surface area contributed by atoms with Gasteiger partial charge in [0.1, 0.15) is 23.2 Å². The number of hydrogen-bond acceptors (Lipinski definition) is 6. The van der Waals surface area contributed by atoms with Crippen LogP contribution in [-0.4, -0.2) is 56.3 Å². The van der Waals surface area contributed by atoms with Crippen LogP contribution in [0.5, 0.6) is 0 Å². The maximum atomic E-state index is 13.7. The molecule has 0 unspecified atom stereocenters. The van der Waals surface area contributed by atoms with Crippen molar-refractivity contribution >= 4 is 40.3 Å². The standard InChI is InChI=1S/C23H18ClF4N5O4/c24-15-5-11(25)7-29-21(15)33-9-14(22(37)31-19(10-1-2-10)23(26,27)28)18(36)13-3-4-16(30-20(13)33)32-8-12(34)6-17(32)35/h3-5,7,9-10,12,19,34H,1-2,6,8H2,(H,31,37)/t12-,19+/m0/s1. The Morgan fingerprint density at radius 1 is 1.24 bits per heavy atom. The Kier molecular flexibility index (Phi) is 6.15. The van der Waals surface area contributed by atoms with Crippen LogP contribution in [0.2, 0.25) is 5.02 Å². The molecule has 0 radical (unpaired) electrons. The number of nitrogens with one attached hydrogen (secondary N) is 1. The zero-order valence-electron chi connectivity index (χ0n) is 18.8. The summed E-state index contributed by atoms with van der Waals surface area (Å²) in [5.74, 6) is -3.31. The van der Waals surface area contributed by atoms with Crippen molar-refractivity contribution < 1.29 is 32.3 Å². The average Bonchev–Trinajstić information content (AvgIpc) is 3.60. The second-order valence-electron chi connectivity index (χ2n) is 8.93. The number of nitrogens with zero attached hydrogens (tertiary/aromatic N) is 4. The fraction of sp³-hybridized carbons (Fsp3) is 0.348. The predicted octanol–water partition coefficient (Wildman–Crippen LogP) is 2.74. The van der Waals surface area contributed by atoms with Crippen LogP contribution in [0, 0.1) is 11.7 Å². The van der Waals surface area contributed by atoms with E-state index in [1.807, 2.05) is 5.32 Å². The molecule has 14 heteroatoms. The number of carbonyl (C=O) groups excluding carboxylic acids is 2. The summed E-state index contributed by atoms with van der Waals surface area (Å²) < 4.78 is 55.3. The van der Waals surface area contributed by atoms with E-state index in [4.69, 9.17) is 11.6 Å². The first kappa shape index (κ1) is 25.1. The van der Waals surface area contributed by atoms with E-state index < -0.39 is 52.9 Å². The number of fused-ring (bicyclic) bond motifs is 1. The summed E-state index contributed by atoms with van der Waals surface area (Å²) in [4.78, 5) is 47.9. The number of carbonyl (C=O) groups is 2. The molecule has 4 heterocycles. The summed E-state index contributed by atoms with van der Waals surface area (Å²) >= 11 is 6.16. The van der Waals surface area contributed by atoms with E-state index in [1.165, 1.54) is 17.0 Å². The normalized spacial score (nSPS) is 18.9. The number of hydrogen-bond donors (Lipinski definition) is 2. The second-order valence-corrected chi connectivity index (χ2v) is 9.34. The third-order valence-corrected chi connectivity index (χ3v) is 6.49. The van der Waals surface area contributed by atoms with Gasteiger partial charge in [-0.1, -0.05) is 11.6 Å². The van der Waals surface area contributed by atoms with Crippen molar-refractivity contribution in [1.82, 2.24) is 19.9 Å². The Labute approximate surface area is 210 Å². The van der Waals surface area contributed by atoms with Crippen molar-refractivity contribution in [1.29, 1.82) is 0 Å². The highest BCUT2D eigenvalue weighted by molar-refractivity contribution is 6.32. The lowest BCUT2D eigenvalue weighted by Crippen LogP contribution is -2.48. The SMILES string of the molecule is O=C(N[C@H](C1CC1)C(F)(F)F)c1cn(-c2ncc(F)cc2Cl)c2nc(N3C[C@@H](O)CC3=O)ccc2c1=O. The first-order chi connectivity index (χ1) is 17.4. The quantitative estimate of drug-likeness (QED) is 0.482. The summed E-state index contributed by atoms with van der Waals surface area (Å²) in [5.41, 5.74) is -1.68. The van der Waals surface area contributed by atoms with E-state index in [9.17, 15) is 37.1 Å². The molecule has 1 aliphatic heterocycles. The molecule has 2 atom stereocenters. The largest absolute Gasteiger partial charge is 0.408 e. The molecule has 5 rings (SSSR count). The zero-order valence-corrected chi connectivity index (χ0v) is 19.6. The summed E-state index contributed by atoms with van der Waals surface area (Å²) in [5, 5.41) is 11.3. The lowest BCUT2D eigenvalue weighted by Gasteiger charge is -2.22. The molecule has 2 amide bonds. The van der Waals surface area contributed by atoms with Crippen LogP contribution >= 0.6 is 11.6 Å². The van der Waals surface area contributed by atoms with E-state index >= 15 is 0 Å². The van der Waals surface area contributed by atoms with Crippen LogP contribution < -0.4 is 15.6 Å². The molecule has 2 aliphatic rings. The number of aliphatic hydroxyl groups is 1. The molecule has 2 fully saturated rings. The monoisotopic (exact) mass is 539 g/mol. The predicted molar refractivity (Wildman–Crippen MR) is 123 cm³/mol. The maximum Gasteiger partial charge on any atom is 0.408 e. The Morgan fingerprint density at radius 2 is 1.97 bits per heavy atom. The number of amides is 2. The fourth-order valence-corrected chi connectivity index (χ4v) is 4.52. The van der Waals surface area contributed by atoms with Crippen molar-refractivity contribution in [2.24, 2.45) is 5.92 Å². The number of alkyl halides is 3. The van der Waals surface area contributed by atoms with Crippen LogP contribution in [0.1, 0.15) is 29.6 Å². The van der Waals surface area contributed by atoms with Crippen molar-refractivity contribution in [2.75, 3.05) is 11.4 Å². The molecule has 0 bridgehead atoms. The van der Waals surface area contributed by atoms with Crippen molar-refractivity contribution in [2.45, 2.75) is 37.6 Å². The molecule has 194 valence electrons. The van der Waals surface area contributed by atoms with Crippen LogP contribution in [0.4, 0.5) is 23.4 Å².